The van der Waals surface area contributed by atoms with Crippen molar-refractivity contribution in [2.24, 2.45) is 0 Å². The maximum Gasteiger partial charge on any atom is 0.261 e. The van der Waals surface area contributed by atoms with Crippen molar-refractivity contribution in [3.05, 3.63) is 80.9 Å². The van der Waals surface area contributed by atoms with Crippen LogP contribution < -0.4 is 4.72 Å². The minimum absolute atomic E-state index is 0.259. The molecule has 3 rings (SSSR count). The molecule has 134 valence electrons. The van der Waals surface area contributed by atoms with Gasteiger partial charge in [-0.15, -0.1) is 0 Å². The van der Waals surface area contributed by atoms with Gasteiger partial charge in [0, 0.05) is 14.7 Å². The summed E-state index contributed by atoms with van der Waals surface area (Å²) in [5.41, 5.74) is 5.74. The van der Waals surface area contributed by atoms with Gasteiger partial charge in [-0.25, -0.2) is 8.42 Å². The molecule has 0 aliphatic heterocycles. The molecular formula is C21H20INO2S. The summed E-state index contributed by atoms with van der Waals surface area (Å²) in [7, 11) is -3.66. The summed E-state index contributed by atoms with van der Waals surface area (Å²) in [6.07, 6.45) is 0. The number of hydrogen-bond acceptors (Lipinski definition) is 2. The Morgan fingerprint density at radius 2 is 1.35 bits per heavy atom. The summed E-state index contributed by atoms with van der Waals surface area (Å²) in [4.78, 5) is 0.259. The molecule has 26 heavy (non-hydrogen) atoms. The topological polar surface area (TPSA) is 46.2 Å². The predicted molar refractivity (Wildman–Crippen MR) is 116 cm³/mol. The van der Waals surface area contributed by atoms with Crippen molar-refractivity contribution in [2.75, 3.05) is 4.72 Å². The molecule has 3 nitrogen and oxygen atoms in total. The molecular weight excluding hydrogens is 457 g/mol. The standard InChI is InChI=1S/C21H20INO2S/c1-14-10-12-17(13-11-14)26(24,25)23-19-9-5-7-16(3)21(19)20-15(2)6-4-8-18(20)22/h4-13,23H,1-3H3. The van der Waals surface area contributed by atoms with Gasteiger partial charge in [-0.2, -0.15) is 0 Å². The fourth-order valence-electron chi connectivity index (χ4n) is 2.95. The normalized spacial score (nSPS) is 11.4. The summed E-state index contributed by atoms with van der Waals surface area (Å²) in [5, 5.41) is 0. The van der Waals surface area contributed by atoms with Crippen LogP contribution in [0.3, 0.4) is 0 Å². The van der Waals surface area contributed by atoms with Gasteiger partial charge in [0.2, 0.25) is 0 Å². The summed E-state index contributed by atoms with van der Waals surface area (Å²) < 4.78 is 29.6. The van der Waals surface area contributed by atoms with Gasteiger partial charge in [0.25, 0.3) is 10.0 Å². The van der Waals surface area contributed by atoms with Crippen LogP contribution in [0.1, 0.15) is 16.7 Å². The smallest absolute Gasteiger partial charge is 0.261 e. The van der Waals surface area contributed by atoms with Crippen LogP contribution in [0.4, 0.5) is 5.69 Å². The van der Waals surface area contributed by atoms with Crippen molar-refractivity contribution in [3.63, 3.8) is 0 Å². The lowest BCUT2D eigenvalue weighted by molar-refractivity contribution is 0.601. The molecule has 0 bridgehead atoms. The average Bonchev–Trinajstić information content (AvgIpc) is 2.57. The molecule has 1 N–H and O–H groups in total. The molecule has 5 heteroatoms. The first-order valence-corrected chi connectivity index (χ1v) is 10.8. The maximum absolute atomic E-state index is 12.9. The summed E-state index contributed by atoms with van der Waals surface area (Å²) in [6.45, 7) is 5.98. The molecule has 0 saturated heterocycles. The molecule has 0 unspecified atom stereocenters. The summed E-state index contributed by atoms with van der Waals surface area (Å²) in [5.74, 6) is 0. The Morgan fingerprint density at radius 3 is 1.96 bits per heavy atom. The first-order chi connectivity index (χ1) is 12.3. The second-order valence-corrected chi connectivity index (χ2v) is 9.19. The number of sulfonamides is 1. The van der Waals surface area contributed by atoms with Crippen molar-refractivity contribution in [3.8, 4) is 11.1 Å². The van der Waals surface area contributed by atoms with E-state index < -0.39 is 10.0 Å². The van der Waals surface area contributed by atoms with Gasteiger partial charge in [0.15, 0.2) is 0 Å². The van der Waals surface area contributed by atoms with Crippen molar-refractivity contribution in [1.29, 1.82) is 0 Å². The second kappa shape index (κ2) is 7.40. The number of anilines is 1. The maximum atomic E-state index is 12.9. The third-order valence-electron chi connectivity index (χ3n) is 4.32. The number of hydrogen-bond donors (Lipinski definition) is 1. The van der Waals surface area contributed by atoms with Crippen LogP contribution >= 0.6 is 22.6 Å². The van der Waals surface area contributed by atoms with E-state index in [1.807, 2.05) is 57.2 Å². The number of rotatable bonds is 4. The zero-order chi connectivity index (χ0) is 18.9. The van der Waals surface area contributed by atoms with E-state index in [1.165, 1.54) is 0 Å². The van der Waals surface area contributed by atoms with E-state index in [1.54, 1.807) is 24.3 Å². The molecule has 0 amide bonds. The van der Waals surface area contributed by atoms with Gasteiger partial charge in [-0.1, -0.05) is 42.0 Å². The first kappa shape index (κ1) is 18.9. The number of benzene rings is 3. The average molecular weight is 477 g/mol. The Morgan fingerprint density at radius 1 is 0.769 bits per heavy atom. The minimum Gasteiger partial charge on any atom is -0.279 e. The van der Waals surface area contributed by atoms with Gasteiger partial charge in [-0.05, 0) is 78.8 Å². The highest BCUT2D eigenvalue weighted by molar-refractivity contribution is 14.1. The Balaban J connectivity index is 2.13. The van der Waals surface area contributed by atoms with Gasteiger partial charge in [0.1, 0.15) is 0 Å². The lowest BCUT2D eigenvalue weighted by Gasteiger charge is -2.18. The highest BCUT2D eigenvalue weighted by atomic mass is 127. The van der Waals surface area contributed by atoms with Crippen LogP contribution in [0.5, 0.6) is 0 Å². The molecule has 0 aliphatic carbocycles. The monoisotopic (exact) mass is 477 g/mol. The third-order valence-corrected chi connectivity index (χ3v) is 6.60. The van der Waals surface area contributed by atoms with Crippen molar-refractivity contribution in [1.82, 2.24) is 0 Å². The third kappa shape index (κ3) is 3.78. The highest BCUT2D eigenvalue weighted by Crippen LogP contribution is 2.37. The fraction of sp³-hybridized carbons (Fsp3) is 0.143. The van der Waals surface area contributed by atoms with E-state index in [4.69, 9.17) is 0 Å². The lowest BCUT2D eigenvalue weighted by atomic mass is 9.95. The van der Waals surface area contributed by atoms with Gasteiger partial charge >= 0.3 is 0 Å². The quantitative estimate of drug-likeness (QED) is 0.492. The molecule has 0 atom stereocenters. The number of nitrogens with one attached hydrogen (secondary N) is 1. The van der Waals surface area contributed by atoms with Crippen molar-refractivity contribution < 1.29 is 8.42 Å². The Kier molecular flexibility index (Phi) is 5.39. The zero-order valence-electron chi connectivity index (χ0n) is 14.9. The van der Waals surface area contributed by atoms with Crippen LogP contribution in [-0.2, 0) is 10.0 Å². The zero-order valence-corrected chi connectivity index (χ0v) is 17.9. The van der Waals surface area contributed by atoms with E-state index >= 15 is 0 Å². The molecule has 0 spiro atoms. The molecule has 3 aromatic rings. The summed E-state index contributed by atoms with van der Waals surface area (Å²) in [6, 6.07) is 18.6. The fourth-order valence-corrected chi connectivity index (χ4v) is 4.93. The van der Waals surface area contributed by atoms with E-state index in [2.05, 4.69) is 27.3 Å². The SMILES string of the molecule is Cc1ccc(S(=O)(=O)Nc2cccc(C)c2-c2c(C)cccc2I)cc1. The van der Waals surface area contributed by atoms with E-state index in [-0.39, 0.29) is 4.90 Å². The second-order valence-electron chi connectivity index (χ2n) is 6.35. The van der Waals surface area contributed by atoms with E-state index in [0.29, 0.717) is 5.69 Å². The van der Waals surface area contributed by atoms with E-state index in [9.17, 15) is 8.42 Å². The van der Waals surface area contributed by atoms with Gasteiger partial charge < -0.3 is 0 Å². The van der Waals surface area contributed by atoms with Gasteiger partial charge in [-0.3, -0.25) is 4.72 Å². The number of halogens is 1. The Labute approximate surface area is 168 Å². The Hall–Kier alpha value is -1.86. The molecule has 3 aromatic carbocycles. The molecule has 0 aliphatic rings. The van der Waals surface area contributed by atoms with Crippen LogP contribution in [-0.4, -0.2) is 8.42 Å². The van der Waals surface area contributed by atoms with Crippen LogP contribution in [0.25, 0.3) is 11.1 Å². The molecule has 0 aromatic heterocycles. The highest BCUT2D eigenvalue weighted by Gasteiger charge is 2.19. The predicted octanol–water partition coefficient (Wildman–Crippen LogP) is 5.68. The first-order valence-electron chi connectivity index (χ1n) is 8.24. The molecule has 0 heterocycles. The Bertz CT molecular complexity index is 1040. The van der Waals surface area contributed by atoms with Crippen LogP contribution in [0.2, 0.25) is 0 Å². The largest absolute Gasteiger partial charge is 0.279 e. The molecule has 0 radical (unpaired) electrons. The lowest BCUT2D eigenvalue weighted by Crippen LogP contribution is -2.14. The molecule has 0 saturated carbocycles. The van der Waals surface area contributed by atoms with E-state index in [0.717, 1.165) is 31.4 Å². The number of aryl methyl sites for hydroxylation is 3. The molecule has 0 fully saturated rings. The van der Waals surface area contributed by atoms with Crippen molar-refractivity contribution >= 4 is 38.3 Å². The summed E-state index contributed by atoms with van der Waals surface area (Å²) >= 11 is 2.30. The minimum atomic E-state index is -3.66. The van der Waals surface area contributed by atoms with Crippen LogP contribution in [0.15, 0.2) is 65.6 Å². The van der Waals surface area contributed by atoms with Crippen LogP contribution in [0, 0.1) is 24.3 Å². The van der Waals surface area contributed by atoms with Crippen molar-refractivity contribution in [2.45, 2.75) is 25.7 Å². The van der Waals surface area contributed by atoms with Gasteiger partial charge in [0.05, 0.1) is 10.6 Å².